The van der Waals surface area contributed by atoms with Crippen LogP contribution < -0.4 is 0 Å². The Bertz CT molecular complexity index is 978. The van der Waals surface area contributed by atoms with Gasteiger partial charge in [0.2, 0.25) is 0 Å². The first-order valence-electron chi connectivity index (χ1n) is 7.02. The van der Waals surface area contributed by atoms with E-state index in [9.17, 15) is 10.2 Å². The molecule has 0 bridgehead atoms. The van der Waals surface area contributed by atoms with Gasteiger partial charge in [0.25, 0.3) is 0 Å². The van der Waals surface area contributed by atoms with Crippen molar-refractivity contribution in [1.82, 2.24) is 0 Å². The summed E-state index contributed by atoms with van der Waals surface area (Å²) in [6.07, 6.45) is 0. The molecule has 3 aromatic rings. The van der Waals surface area contributed by atoms with E-state index in [0.29, 0.717) is 37.9 Å². The number of halogens is 2. The van der Waals surface area contributed by atoms with E-state index in [2.05, 4.69) is 0 Å². The van der Waals surface area contributed by atoms with Crippen molar-refractivity contribution in [1.29, 1.82) is 5.26 Å². The van der Waals surface area contributed by atoms with Crippen molar-refractivity contribution in [3.05, 3.63) is 70.2 Å². The average molecular weight is 356 g/mol. The lowest BCUT2D eigenvalue weighted by Gasteiger charge is -2.12. The van der Waals surface area contributed by atoms with Crippen LogP contribution in [0.1, 0.15) is 5.56 Å². The van der Waals surface area contributed by atoms with Gasteiger partial charge in [-0.3, -0.25) is 0 Å². The SMILES string of the molecule is N#Cc1ccc(-c2cc(O)c(-c3ccccc3Cl)cc2O)c(Cl)c1. The fraction of sp³-hybridized carbons (Fsp3) is 0. The molecule has 0 heterocycles. The molecule has 0 atom stereocenters. The number of hydrogen-bond donors (Lipinski definition) is 2. The molecule has 5 heteroatoms. The van der Waals surface area contributed by atoms with Crippen LogP contribution in [0, 0.1) is 11.3 Å². The molecule has 0 radical (unpaired) electrons. The molecule has 0 aliphatic carbocycles. The molecular formula is C19H11Cl2NO2. The molecule has 24 heavy (non-hydrogen) atoms. The zero-order chi connectivity index (χ0) is 17.3. The number of phenolic OH excluding ortho intramolecular Hbond substituents is 2. The lowest BCUT2D eigenvalue weighted by Crippen LogP contribution is -1.87. The van der Waals surface area contributed by atoms with Gasteiger partial charge in [0.15, 0.2) is 0 Å². The van der Waals surface area contributed by atoms with Crippen LogP contribution >= 0.6 is 23.2 Å². The van der Waals surface area contributed by atoms with Gasteiger partial charge in [-0.25, -0.2) is 0 Å². The van der Waals surface area contributed by atoms with Gasteiger partial charge in [-0.15, -0.1) is 0 Å². The van der Waals surface area contributed by atoms with E-state index in [1.54, 1.807) is 36.4 Å². The molecule has 3 nitrogen and oxygen atoms in total. The van der Waals surface area contributed by atoms with Crippen LogP contribution in [0.15, 0.2) is 54.6 Å². The number of phenols is 2. The molecule has 0 aromatic heterocycles. The van der Waals surface area contributed by atoms with Gasteiger partial charge < -0.3 is 10.2 Å². The lowest BCUT2D eigenvalue weighted by molar-refractivity contribution is 0.463. The first kappa shape index (κ1) is 16.2. The van der Waals surface area contributed by atoms with Gasteiger partial charge in [0.1, 0.15) is 11.5 Å². The molecular weight excluding hydrogens is 345 g/mol. The molecule has 118 valence electrons. The van der Waals surface area contributed by atoms with Crippen molar-refractivity contribution in [2.45, 2.75) is 0 Å². The zero-order valence-corrected chi connectivity index (χ0v) is 13.8. The summed E-state index contributed by atoms with van der Waals surface area (Å²) in [5.74, 6) is -0.0781. The maximum atomic E-state index is 10.4. The van der Waals surface area contributed by atoms with Gasteiger partial charge in [-0.05, 0) is 30.3 Å². The number of aromatic hydroxyl groups is 2. The monoisotopic (exact) mass is 355 g/mol. The molecule has 3 rings (SSSR count). The Morgan fingerprint density at radius 3 is 1.83 bits per heavy atom. The van der Waals surface area contributed by atoms with Crippen LogP contribution in [0.3, 0.4) is 0 Å². The number of nitrogens with zero attached hydrogens (tertiary/aromatic N) is 1. The summed E-state index contributed by atoms with van der Waals surface area (Å²) in [5.41, 5.74) is 2.35. The third kappa shape index (κ3) is 2.90. The number of hydrogen-bond acceptors (Lipinski definition) is 3. The minimum Gasteiger partial charge on any atom is -0.507 e. The van der Waals surface area contributed by atoms with Crippen molar-refractivity contribution in [3.8, 4) is 39.8 Å². The zero-order valence-electron chi connectivity index (χ0n) is 12.3. The third-order valence-corrected chi connectivity index (χ3v) is 4.31. The van der Waals surface area contributed by atoms with Crippen molar-refractivity contribution < 1.29 is 10.2 Å². The second-order valence-electron chi connectivity index (χ2n) is 5.17. The standard InChI is InChI=1S/C19H11Cl2NO2/c20-16-4-2-1-3-12(16)14-8-19(24)15(9-18(14)23)13-6-5-11(10-22)7-17(13)21/h1-9,23-24H. The fourth-order valence-electron chi connectivity index (χ4n) is 2.49. The summed E-state index contributed by atoms with van der Waals surface area (Å²) in [6, 6.07) is 16.7. The fourth-order valence-corrected chi connectivity index (χ4v) is 3.01. The van der Waals surface area contributed by atoms with Gasteiger partial charge in [0.05, 0.1) is 11.6 Å². The van der Waals surface area contributed by atoms with Crippen molar-refractivity contribution >= 4 is 23.2 Å². The van der Waals surface area contributed by atoms with Crippen molar-refractivity contribution in [3.63, 3.8) is 0 Å². The van der Waals surface area contributed by atoms with Crippen LogP contribution in [0.25, 0.3) is 22.3 Å². The quantitative estimate of drug-likeness (QED) is 0.587. The van der Waals surface area contributed by atoms with Crippen LogP contribution in [0.5, 0.6) is 11.5 Å². The summed E-state index contributed by atoms with van der Waals surface area (Å²) < 4.78 is 0. The molecule has 0 amide bonds. The summed E-state index contributed by atoms with van der Waals surface area (Å²) in [6.45, 7) is 0. The highest BCUT2D eigenvalue weighted by Gasteiger charge is 2.15. The molecule has 2 N–H and O–H groups in total. The smallest absolute Gasteiger partial charge is 0.124 e. The largest absolute Gasteiger partial charge is 0.507 e. The number of benzene rings is 3. The maximum absolute atomic E-state index is 10.4. The van der Waals surface area contributed by atoms with E-state index in [-0.39, 0.29) is 11.5 Å². The van der Waals surface area contributed by atoms with E-state index in [0.717, 1.165) is 0 Å². The Labute approximate surface area is 148 Å². The normalized spacial score (nSPS) is 10.4. The topological polar surface area (TPSA) is 64.2 Å². The van der Waals surface area contributed by atoms with Gasteiger partial charge in [-0.2, -0.15) is 5.26 Å². The van der Waals surface area contributed by atoms with E-state index in [4.69, 9.17) is 28.5 Å². The van der Waals surface area contributed by atoms with Crippen LogP contribution in [-0.2, 0) is 0 Å². The molecule has 0 saturated carbocycles. The minimum absolute atomic E-state index is 0.0312. The van der Waals surface area contributed by atoms with Crippen molar-refractivity contribution in [2.75, 3.05) is 0 Å². The summed E-state index contributed by atoms with van der Waals surface area (Å²) in [7, 11) is 0. The Kier molecular flexibility index (Phi) is 4.35. The summed E-state index contributed by atoms with van der Waals surface area (Å²) in [5, 5.41) is 30.5. The first-order chi connectivity index (χ1) is 11.5. The number of nitriles is 1. The Morgan fingerprint density at radius 2 is 1.29 bits per heavy atom. The highest BCUT2D eigenvalue weighted by Crippen LogP contribution is 2.43. The van der Waals surface area contributed by atoms with Crippen LogP contribution in [0.2, 0.25) is 10.0 Å². The Hall–Kier alpha value is -2.67. The van der Waals surface area contributed by atoms with E-state index in [1.807, 2.05) is 6.07 Å². The molecule has 0 saturated heterocycles. The summed E-state index contributed by atoms with van der Waals surface area (Å²) in [4.78, 5) is 0. The van der Waals surface area contributed by atoms with Gasteiger partial charge >= 0.3 is 0 Å². The molecule has 0 fully saturated rings. The van der Waals surface area contributed by atoms with Gasteiger partial charge in [0, 0.05) is 32.3 Å². The first-order valence-corrected chi connectivity index (χ1v) is 7.77. The lowest BCUT2D eigenvalue weighted by atomic mass is 9.97. The van der Waals surface area contributed by atoms with Gasteiger partial charge in [-0.1, -0.05) is 47.5 Å². The maximum Gasteiger partial charge on any atom is 0.124 e. The highest BCUT2D eigenvalue weighted by molar-refractivity contribution is 6.34. The van der Waals surface area contributed by atoms with E-state index < -0.39 is 0 Å². The average Bonchev–Trinajstić information content (AvgIpc) is 2.57. The molecule has 0 aliphatic rings. The van der Waals surface area contributed by atoms with E-state index >= 15 is 0 Å². The minimum atomic E-state index is -0.0469. The molecule has 0 spiro atoms. The number of rotatable bonds is 2. The second kappa shape index (κ2) is 6.45. The second-order valence-corrected chi connectivity index (χ2v) is 5.99. The Morgan fingerprint density at radius 1 is 0.708 bits per heavy atom. The predicted molar refractivity (Wildman–Crippen MR) is 95.4 cm³/mol. The van der Waals surface area contributed by atoms with Crippen LogP contribution in [-0.4, -0.2) is 10.2 Å². The highest BCUT2D eigenvalue weighted by atomic mass is 35.5. The summed E-state index contributed by atoms with van der Waals surface area (Å²) >= 11 is 12.3. The predicted octanol–water partition coefficient (Wildman–Crippen LogP) is 5.61. The molecule has 0 unspecified atom stereocenters. The Balaban J connectivity index is 2.15. The van der Waals surface area contributed by atoms with Crippen LogP contribution in [0.4, 0.5) is 0 Å². The molecule has 0 aliphatic heterocycles. The van der Waals surface area contributed by atoms with Crippen molar-refractivity contribution in [2.24, 2.45) is 0 Å². The molecule has 3 aromatic carbocycles. The third-order valence-electron chi connectivity index (χ3n) is 3.67. The van der Waals surface area contributed by atoms with E-state index in [1.165, 1.54) is 18.2 Å².